The number of nitrogens with zero attached hydrogens (tertiary/aromatic N) is 3. The Morgan fingerprint density at radius 3 is 3.04 bits per heavy atom. The molecule has 3 rings (SSSR count). The van der Waals surface area contributed by atoms with Crippen LogP contribution in [0.3, 0.4) is 0 Å². The number of carbonyl (C=O) groups excluding carboxylic acids is 1. The number of amides is 1. The molecule has 1 aromatic carbocycles. The molecule has 1 atom stereocenters. The Bertz CT molecular complexity index is 654. The molecule has 1 fully saturated rings. The van der Waals surface area contributed by atoms with Gasteiger partial charge < -0.3 is 10.6 Å². The summed E-state index contributed by atoms with van der Waals surface area (Å²) in [4.78, 5) is 13.4. The Labute approximate surface area is 152 Å². The van der Waals surface area contributed by atoms with Gasteiger partial charge in [-0.05, 0) is 56.2 Å². The first-order valence-corrected chi connectivity index (χ1v) is 9.87. The van der Waals surface area contributed by atoms with Crippen LogP contribution < -0.4 is 10.6 Å². The standard InChI is InChI=1S/C18H25N5OS/c24-18(20-10-5-11-25-16-7-2-1-3-8-16)17-14-23(22-21-17)13-15-6-4-9-19-12-15/h1-3,7-8,14-15,19H,4-6,9-13H2,(H,20,24)/t15-/m1/s1. The molecule has 1 amide bonds. The minimum atomic E-state index is -0.141. The first-order chi connectivity index (χ1) is 12.3. The van der Waals surface area contributed by atoms with Gasteiger partial charge in [0.2, 0.25) is 0 Å². The van der Waals surface area contributed by atoms with Crippen LogP contribution in [0.1, 0.15) is 29.8 Å². The summed E-state index contributed by atoms with van der Waals surface area (Å²) in [6, 6.07) is 10.3. The number of hydrogen-bond donors (Lipinski definition) is 2. The highest BCUT2D eigenvalue weighted by atomic mass is 32.2. The van der Waals surface area contributed by atoms with Gasteiger partial charge in [-0.1, -0.05) is 23.4 Å². The molecule has 1 saturated heterocycles. The highest BCUT2D eigenvalue weighted by Crippen LogP contribution is 2.17. The van der Waals surface area contributed by atoms with Crippen molar-refractivity contribution in [2.75, 3.05) is 25.4 Å². The van der Waals surface area contributed by atoms with E-state index in [0.717, 1.165) is 31.8 Å². The van der Waals surface area contributed by atoms with Crippen LogP contribution in [0.15, 0.2) is 41.4 Å². The predicted octanol–water partition coefficient (Wildman–Crippen LogP) is 2.19. The van der Waals surface area contributed by atoms with Gasteiger partial charge in [-0.3, -0.25) is 9.48 Å². The first-order valence-electron chi connectivity index (χ1n) is 8.88. The van der Waals surface area contributed by atoms with E-state index in [9.17, 15) is 4.79 Å². The molecule has 0 radical (unpaired) electrons. The van der Waals surface area contributed by atoms with Crippen molar-refractivity contribution < 1.29 is 4.79 Å². The molecule has 1 aliphatic heterocycles. The zero-order valence-corrected chi connectivity index (χ0v) is 15.2. The van der Waals surface area contributed by atoms with E-state index < -0.39 is 0 Å². The van der Waals surface area contributed by atoms with Gasteiger partial charge in [-0.15, -0.1) is 16.9 Å². The molecule has 2 N–H and O–H groups in total. The van der Waals surface area contributed by atoms with Crippen molar-refractivity contribution in [2.45, 2.75) is 30.7 Å². The van der Waals surface area contributed by atoms with E-state index in [1.165, 1.54) is 17.7 Å². The van der Waals surface area contributed by atoms with E-state index in [4.69, 9.17) is 0 Å². The lowest BCUT2D eigenvalue weighted by Crippen LogP contribution is -2.32. The summed E-state index contributed by atoms with van der Waals surface area (Å²) in [6.07, 6.45) is 5.08. The van der Waals surface area contributed by atoms with Crippen LogP contribution in [0.2, 0.25) is 0 Å². The molecule has 0 spiro atoms. The lowest BCUT2D eigenvalue weighted by Gasteiger charge is -2.22. The van der Waals surface area contributed by atoms with Crippen LogP contribution >= 0.6 is 11.8 Å². The van der Waals surface area contributed by atoms with Crippen molar-refractivity contribution in [3.63, 3.8) is 0 Å². The maximum Gasteiger partial charge on any atom is 0.273 e. The summed E-state index contributed by atoms with van der Waals surface area (Å²) in [5, 5.41) is 14.4. The Kier molecular flexibility index (Phi) is 6.88. The Morgan fingerprint density at radius 2 is 2.24 bits per heavy atom. The van der Waals surface area contributed by atoms with E-state index in [0.29, 0.717) is 18.2 Å². The molecule has 1 aromatic heterocycles. The average Bonchev–Trinajstić information content (AvgIpc) is 3.11. The van der Waals surface area contributed by atoms with Gasteiger partial charge in [-0.2, -0.15) is 0 Å². The molecule has 6 nitrogen and oxygen atoms in total. The van der Waals surface area contributed by atoms with Gasteiger partial charge in [0.1, 0.15) is 0 Å². The van der Waals surface area contributed by atoms with Crippen LogP contribution in [0.25, 0.3) is 0 Å². The van der Waals surface area contributed by atoms with Gasteiger partial charge in [0, 0.05) is 18.0 Å². The molecule has 0 bridgehead atoms. The number of hydrogen-bond acceptors (Lipinski definition) is 5. The number of aromatic nitrogens is 3. The molecule has 1 aliphatic rings. The van der Waals surface area contributed by atoms with Crippen LogP contribution in [0, 0.1) is 5.92 Å². The molecule has 0 aliphatic carbocycles. The molecule has 134 valence electrons. The Balaban J connectivity index is 1.35. The molecule has 25 heavy (non-hydrogen) atoms. The molecular weight excluding hydrogens is 334 g/mol. The predicted molar refractivity (Wildman–Crippen MR) is 99.7 cm³/mol. The topological polar surface area (TPSA) is 71.8 Å². The second-order valence-corrected chi connectivity index (χ2v) is 7.48. The molecular formula is C18H25N5OS. The second-order valence-electron chi connectivity index (χ2n) is 6.31. The largest absolute Gasteiger partial charge is 0.351 e. The van der Waals surface area contributed by atoms with Gasteiger partial charge in [0.15, 0.2) is 5.69 Å². The van der Waals surface area contributed by atoms with Crippen LogP contribution in [0.5, 0.6) is 0 Å². The van der Waals surface area contributed by atoms with E-state index in [1.807, 2.05) is 18.2 Å². The average molecular weight is 359 g/mol. The quantitative estimate of drug-likeness (QED) is 0.558. The van der Waals surface area contributed by atoms with Crippen molar-refractivity contribution >= 4 is 17.7 Å². The van der Waals surface area contributed by atoms with Crippen molar-refractivity contribution in [1.29, 1.82) is 0 Å². The highest BCUT2D eigenvalue weighted by Gasteiger charge is 2.16. The fourth-order valence-corrected chi connectivity index (χ4v) is 3.78. The maximum atomic E-state index is 12.1. The van der Waals surface area contributed by atoms with E-state index in [-0.39, 0.29) is 5.91 Å². The third-order valence-corrected chi connectivity index (χ3v) is 5.33. The lowest BCUT2D eigenvalue weighted by molar-refractivity contribution is 0.0948. The summed E-state index contributed by atoms with van der Waals surface area (Å²) in [7, 11) is 0. The van der Waals surface area contributed by atoms with Crippen LogP contribution in [-0.2, 0) is 6.54 Å². The van der Waals surface area contributed by atoms with Crippen molar-refractivity contribution in [3.8, 4) is 0 Å². The van der Waals surface area contributed by atoms with E-state index >= 15 is 0 Å². The molecule has 2 aromatic rings. The minimum absolute atomic E-state index is 0.141. The zero-order valence-electron chi connectivity index (χ0n) is 14.4. The molecule has 0 unspecified atom stereocenters. The molecule has 7 heteroatoms. The summed E-state index contributed by atoms with van der Waals surface area (Å²) in [6.45, 7) is 3.59. The van der Waals surface area contributed by atoms with Crippen molar-refractivity contribution in [1.82, 2.24) is 25.6 Å². The number of rotatable bonds is 8. The third kappa shape index (κ3) is 5.86. The number of piperidine rings is 1. The number of benzene rings is 1. The van der Waals surface area contributed by atoms with Gasteiger partial charge >= 0.3 is 0 Å². The number of carbonyl (C=O) groups is 1. The van der Waals surface area contributed by atoms with E-state index in [2.05, 4.69) is 33.1 Å². The van der Waals surface area contributed by atoms with Crippen LogP contribution in [-0.4, -0.2) is 46.3 Å². The van der Waals surface area contributed by atoms with Gasteiger partial charge in [-0.25, -0.2) is 0 Å². The fourth-order valence-electron chi connectivity index (χ4n) is 2.91. The zero-order chi connectivity index (χ0) is 17.3. The Hall–Kier alpha value is -1.86. The lowest BCUT2D eigenvalue weighted by atomic mass is 10.00. The minimum Gasteiger partial charge on any atom is -0.351 e. The van der Waals surface area contributed by atoms with Crippen molar-refractivity contribution in [2.24, 2.45) is 5.92 Å². The maximum absolute atomic E-state index is 12.1. The van der Waals surface area contributed by atoms with Gasteiger partial charge in [0.05, 0.1) is 6.20 Å². The molecule has 2 heterocycles. The monoisotopic (exact) mass is 359 g/mol. The third-order valence-electron chi connectivity index (χ3n) is 4.23. The number of nitrogens with one attached hydrogen (secondary N) is 2. The smallest absolute Gasteiger partial charge is 0.273 e. The summed E-state index contributed by atoms with van der Waals surface area (Å²) >= 11 is 1.80. The normalized spacial score (nSPS) is 17.4. The first kappa shape index (κ1) is 17.9. The van der Waals surface area contributed by atoms with Gasteiger partial charge in [0.25, 0.3) is 5.91 Å². The highest BCUT2D eigenvalue weighted by molar-refractivity contribution is 7.99. The fraction of sp³-hybridized carbons (Fsp3) is 0.500. The van der Waals surface area contributed by atoms with Crippen LogP contribution in [0.4, 0.5) is 0 Å². The molecule has 0 saturated carbocycles. The second kappa shape index (κ2) is 9.58. The number of thioether (sulfide) groups is 1. The SMILES string of the molecule is O=C(NCCCSc1ccccc1)c1cn(C[C@@H]2CCCNC2)nn1. The summed E-state index contributed by atoms with van der Waals surface area (Å²) in [5.74, 6) is 1.41. The Morgan fingerprint density at radius 1 is 1.36 bits per heavy atom. The summed E-state index contributed by atoms with van der Waals surface area (Å²) < 4.78 is 1.79. The van der Waals surface area contributed by atoms with Crippen molar-refractivity contribution in [3.05, 3.63) is 42.2 Å². The van der Waals surface area contributed by atoms with E-state index in [1.54, 1.807) is 22.6 Å². The summed E-state index contributed by atoms with van der Waals surface area (Å²) in [5.41, 5.74) is 0.402.